The van der Waals surface area contributed by atoms with Gasteiger partial charge in [-0.25, -0.2) is 4.98 Å². The van der Waals surface area contributed by atoms with Crippen molar-refractivity contribution < 1.29 is 5.21 Å². The molecule has 0 aliphatic carbocycles. The third kappa shape index (κ3) is 3.71. The van der Waals surface area contributed by atoms with Gasteiger partial charge in [-0.2, -0.15) is 0 Å². The van der Waals surface area contributed by atoms with Crippen LogP contribution < -0.4 is 5.73 Å². The van der Waals surface area contributed by atoms with E-state index < -0.39 is 0 Å². The zero-order chi connectivity index (χ0) is 13.7. The highest BCUT2D eigenvalue weighted by Gasteiger charge is 2.04. The van der Waals surface area contributed by atoms with Gasteiger partial charge in [-0.1, -0.05) is 23.4 Å². The predicted octanol–water partition coefficient (Wildman–Crippen LogP) is 3.23. The average molecular weight is 338 g/mol. The number of benzene rings is 1. The normalized spacial score (nSPS) is 11.5. The van der Waals surface area contributed by atoms with Crippen LogP contribution in [0, 0.1) is 0 Å². The monoisotopic (exact) mass is 337 g/mol. The Morgan fingerprint density at radius 3 is 2.95 bits per heavy atom. The fraction of sp³-hybridized carbons (Fsp3) is 0.0769. The Morgan fingerprint density at radius 1 is 1.37 bits per heavy atom. The van der Waals surface area contributed by atoms with E-state index in [1.807, 2.05) is 30.3 Å². The van der Waals surface area contributed by atoms with Gasteiger partial charge in [-0.15, -0.1) is 11.8 Å². The minimum atomic E-state index is 0.117. The minimum absolute atomic E-state index is 0.117. The molecular formula is C13H12BrN3OS. The van der Waals surface area contributed by atoms with Crippen LogP contribution in [-0.4, -0.2) is 16.0 Å². The van der Waals surface area contributed by atoms with Crippen molar-refractivity contribution in [1.82, 2.24) is 4.98 Å². The number of aromatic nitrogens is 1. The summed E-state index contributed by atoms with van der Waals surface area (Å²) in [5.41, 5.74) is 7.37. The summed E-state index contributed by atoms with van der Waals surface area (Å²) in [5.74, 6) is 0.883. The number of thioether (sulfide) groups is 1. The third-order valence-electron chi connectivity index (χ3n) is 2.43. The van der Waals surface area contributed by atoms with Gasteiger partial charge < -0.3 is 10.9 Å². The van der Waals surface area contributed by atoms with Crippen LogP contribution in [-0.2, 0) is 5.75 Å². The van der Waals surface area contributed by atoms with E-state index in [0.717, 1.165) is 20.8 Å². The van der Waals surface area contributed by atoms with E-state index in [2.05, 4.69) is 26.1 Å². The van der Waals surface area contributed by atoms with Crippen LogP contribution in [0.2, 0.25) is 0 Å². The highest BCUT2D eigenvalue weighted by Crippen LogP contribution is 2.27. The summed E-state index contributed by atoms with van der Waals surface area (Å²) >= 11 is 5.09. The fourth-order valence-corrected chi connectivity index (χ4v) is 2.93. The molecule has 0 saturated heterocycles. The molecule has 0 amide bonds. The Hall–Kier alpha value is -1.53. The lowest BCUT2D eigenvalue weighted by atomic mass is 10.1. The lowest BCUT2D eigenvalue weighted by Crippen LogP contribution is -2.13. The Labute approximate surface area is 123 Å². The molecule has 19 heavy (non-hydrogen) atoms. The van der Waals surface area contributed by atoms with Crippen molar-refractivity contribution in [2.75, 3.05) is 0 Å². The summed E-state index contributed by atoms with van der Waals surface area (Å²) in [7, 11) is 0. The Balaban J connectivity index is 2.10. The molecule has 0 bridgehead atoms. The lowest BCUT2D eigenvalue weighted by molar-refractivity contribution is 0.318. The van der Waals surface area contributed by atoms with Crippen molar-refractivity contribution in [2.24, 2.45) is 10.9 Å². The average Bonchev–Trinajstić information content (AvgIpc) is 2.46. The van der Waals surface area contributed by atoms with Gasteiger partial charge in [-0.3, -0.25) is 0 Å². The number of amidine groups is 1. The van der Waals surface area contributed by atoms with E-state index in [9.17, 15) is 0 Å². The second-order valence-corrected chi connectivity index (χ2v) is 5.58. The van der Waals surface area contributed by atoms with Crippen molar-refractivity contribution in [3.63, 3.8) is 0 Å². The first kappa shape index (κ1) is 13.9. The highest BCUT2D eigenvalue weighted by molar-refractivity contribution is 9.10. The molecule has 0 atom stereocenters. The van der Waals surface area contributed by atoms with E-state index in [4.69, 9.17) is 10.9 Å². The topological polar surface area (TPSA) is 71.5 Å². The first-order valence-corrected chi connectivity index (χ1v) is 7.28. The molecule has 0 saturated carbocycles. The Kier molecular flexibility index (Phi) is 4.81. The van der Waals surface area contributed by atoms with Crippen molar-refractivity contribution in [3.8, 4) is 0 Å². The Bertz CT molecular complexity index is 604. The van der Waals surface area contributed by atoms with Crippen LogP contribution >= 0.6 is 27.7 Å². The molecule has 0 radical (unpaired) electrons. The molecule has 2 aromatic rings. The summed E-state index contributed by atoms with van der Waals surface area (Å²) < 4.78 is 0.979. The van der Waals surface area contributed by atoms with Crippen LogP contribution in [0.3, 0.4) is 0 Å². The zero-order valence-electron chi connectivity index (χ0n) is 9.95. The summed E-state index contributed by atoms with van der Waals surface area (Å²) in [6.07, 6.45) is 1.76. The van der Waals surface area contributed by atoms with Gasteiger partial charge in [0.1, 0.15) is 5.03 Å². The summed E-state index contributed by atoms with van der Waals surface area (Å²) in [6.45, 7) is 0. The predicted molar refractivity (Wildman–Crippen MR) is 80.5 cm³/mol. The first-order chi connectivity index (χ1) is 9.20. The molecule has 0 aliphatic rings. The number of hydrogen-bond donors (Lipinski definition) is 2. The van der Waals surface area contributed by atoms with Gasteiger partial charge in [0.15, 0.2) is 5.84 Å². The molecule has 1 aromatic carbocycles. The van der Waals surface area contributed by atoms with Gasteiger partial charge in [0.25, 0.3) is 0 Å². The summed E-state index contributed by atoms with van der Waals surface area (Å²) in [4.78, 5) is 4.29. The number of oxime groups is 1. The lowest BCUT2D eigenvalue weighted by Gasteiger charge is -2.05. The number of nitrogens with two attached hydrogens (primary N) is 1. The second kappa shape index (κ2) is 6.58. The van der Waals surface area contributed by atoms with Gasteiger partial charge in [-0.05, 0) is 39.7 Å². The number of halogens is 1. The number of hydrogen-bond acceptors (Lipinski definition) is 4. The zero-order valence-corrected chi connectivity index (χ0v) is 12.4. The van der Waals surface area contributed by atoms with Crippen LogP contribution in [0.25, 0.3) is 0 Å². The van der Waals surface area contributed by atoms with Crippen molar-refractivity contribution in [3.05, 3.63) is 58.2 Å². The number of rotatable bonds is 4. The van der Waals surface area contributed by atoms with E-state index >= 15 is 0 Å². The fourth-order valence-electron chi connectivity index (χ4n) is 1.51. The van der Waals surface area contributed by atoms with Crippen LogP contribution in [0.1, 0.15) is 11.1 Å². The van der Waals surface area contributed by atoms with Crippen molar-refractivity contribution in [1.29, 1.82) is 0 Å². The second-order valence-electron chi connectivity index (χ2n) is 3.76. The first-order valence-electron chi connectivity index (χ1n) is 5.51. The van der Waals surface area contributed by atoms with Crippen molar-refractivity contribution in [2.45, 2.75) is 10.8 Å². The minimum Gasteiger partial charge on any atom is -0.409 e. The molecule has 1 heterocycles. The maximum absolute atomic E-state index is 8.66. The van der Waals surface area contributed by atoms with Crippen molar-refractivity contribution >= 4 is 33.5 Å². The van der Waals surface area contributed by atoms with Gasteiger partial charge in [0, 0.05) is 22.0 Å². The quantitative estimate of drug-likeness (QED) is 0.295. The Morgan fingerprint density at radius 2 is 2.21 bits per heavy atom. The largest absolute Gasteiger partial charge is 0.409 e. The molecule has 2 rings (SSSR count). The summed E-state index contributed by atoms with van der Waals surface area (Å²) in [6, 6.07) is 11.4. The van der Waals surface area contributed by atoms with Gasteiger partial charge in [0.05, 0.1) is 0 Å². The van der Waals surface area contributed by atoms with Gasteiger partial charge in [0.2, 0.25) is 0 Å². The maximum Gasteiger partial charge on any atom is 0.170 e. The smallest absolute Gasteiger partial charge is 0.170 e. The third-order valence-corrected chi connectivity index (χ3v) is 4.41. The molecule has 0 unspecified atom stereocenters. The standard InChI is InChI=1S/C13H12BrN3OS/c14-11-5-2-6-16-13(11)19-8-9-3-1-4-10(7-9)12(15)17-18/h1-7,18H,8H2,(H2,15,17). The van der Waals surface area contributed by atoms with Crippen LogP contribution in [0.4, 0.5) is 0 Å². The molecular weight excluding hydrogens is 326 g/mol. The molecule has 1 aromatic heterocycles. The summed E-state index contributed by atoms with van der Waals surface area (Å²) in [5, 5.41) is 12.6. The van der Waals surface area contributed by atoms with Crippen LogP contribution in [0.15, 0.2) is 57.2 Å². The molecule has 98 valence electrons. The highest BCUT2D eigenvalue weighted by atomic mass is 79.9. The molecule has 6 heteroatoms. The SMILES string of the molecule is NC(=NO)c1cccc(CSc2ncccc2Br)c1. The number of nitrogens with zero attached hydrogens (tertiary/aromatic N) is 2. The molecule has 3 N–H and O–H groups in total. The van der Waals surface area contributed by atoms with E-state index in [1.165, 1.54) is 0 Å². The van der Waals surface area contributed by atoms with Crippen LogP contribution in [0.5, 0.6) is 0 Å². The molecule has 0 spiro atoms. The molecule has 0 aliphatic heterocycles. The molecule has 0 fully saturated rings. The van der Waals surface area contributed by atoms with Gasteiger partial charge >= 0.3 is 0 Å². The van der Waals surface area contributed by atoms with E-state index in [1.54, 1.807) is 24.0 Å². The number of pyridine rings is 1. The molecule has 4 nitrogen and oxygen atoms in total. The van der Waals surface area contributed by atoms with E-state index in [-0.39, 0.29) is 5.84 Å². The maximum atomic E-state index is 8.66. The van der Waals surface area contributed by atoms with E-state index in [0.29, 0.717) is 5.56 Å².